The fraction of sp³-hybridized carbons (Fsp3) is 0.211. The van der Waals surface area contributed by atoms with E-state index in [-0.39, 0.29) is 34.1 Å². The third kappa shape index (κ3) is 3.28. The quantitative estimate of drug-likeness (QED) is 0.236. The van der Waals surface area contributed by atoms with Gasteiger partial charge in [-0.05, 0) is 30.2 Å². The molecule has 1 amide bonds. The molecule has 1 aliphatic rings. The zero-order chi connectivity index (χ0) is 20.6. The van der Waals surface area contributed by atoms with E-state index >= 15 is 0 Å². The Bertz CT molecular complexity index is 984. The van der Waals surface area contributed by atoms with Crippen molar-refractivity contribution >= 4 is 11.7 Å². The molecule has 0 saturated heterocycles. The molecule has 0 bridgehead atoms. The van der Waals surface area contributed by atoms with Gasteiger partial charge in [0.1, 0.15) is 28.6 Å². The Morgan fingerprint density at radius 3 is 2.46 bits per heavy atom. The smallest absolute Gasteiger partial charge is 0.246 e. The fourth-order valence-corrected chi connectivity index (χ4v) is 3.19. The van der Waals surface area contributed by atoms with E-state index in [0.29, 0.717) is 12.0 Å². The molecule has 0 fully saturated rings. The highest BCUT2D eigenvalue weighted by Gasteiger charge is 2.40. The van der Waals surface area contributed by atoms with Gasteiger partial charge in [-0.3, -0.25) is 10.0 Å². The first-order chi connectivity index (χ1) is 13.2. The average molecular weight is 389 g/mol. The highest BCUT2D eigenvalue weighted by atomic mass is 16.5. The Morgan fingerprint density at radius 2 is 1.82 bits per heavy atom. The predicted molar refractivity (Wildman–Crippen MR) is 96.0 cm³/mol. The number of nitrogens with one attached hydrogen (secondary N) is 1. The van der Waals surface area contributed by atoms with Crippen molar-refractivity contribution in [2.75, 3.05) is 0 Å². The number of phenols is 4. The number of carbonyl (C=O) groups is 1. The van der Waals surface area contributed by atoms with Crippen LogP contribution in [0.3, 0.4) is 0 Å². The van der Waals surface area contributed by atoms with Gasteiger partial charge < -0.3 is 30.3 Å². The van der Waals surface area contributed by atoms with Crippen LogP contribution in [0.1, 0.15) is 30.0 Å². The van der Waals surface area contributed by atoms with Crippen molar-refractivity contribution in [1.82, 2.24) is 5.48 Å². The number of ether oxygens (including phenoxy) is 1. The summed E-state index contributed by atoms with van der Waals surface area (Å²) in [4.78, 5) is 11.7. The molecule has 2 aromatic rings. The molecule has 148 valence electrons. The number of hydrogen-bond acceptors (Lipinski definition) is 8. The molecular weight excluding hydrogens is 370 g/mol. The Balaban J connectivity index is 2.20. The van der Waals surface area contributed by atoms with Gasteiger partial charge >= 0.3 is 0 Å². The first-order valence-electron chi connectivity index (χ1n) is 8.36. The molecule has 3 rings (SSSR count). The monoisotopic (exact) mass is 389 g/mol. The Kier molecular flexibility index (Phi) is 4.80. The first kappa shape index (κ1) is 19.3. The number of hydrogen-bond donors (Lipinski definition) is 7. The van der Waals surface area contributed by atoms with E-state index in [9.17, 15) is 30.3 Å². The summed E-state index contributed by atoms with van der Waals surface area (Å²) in [6, 6.07) is 4.86. The molecule has 0 aliphatic carbocycles. The summed E-state index contributed by atoms with van der Waals surface area (Å²) in [6.45, 7) is 1.77. The Labute approximate surface area is 159 Å². The molecule has 1 atom stereocenters. The highest BCUT2D eigenvalue weighted by molar-refractivity contribution is 5.80. The van der Waals surface area contributed by atoms with Crippen LogP contribution in [0, 0.1) is 0 Å². The van der Waals surface area contributed by atoms with Crippen molar-refractivity contribution < 1.29 is 40.3 Å². The normalized spacial score (nSPS) is 18.0. The van der Waals surface area contributed by atoms with Crippen LogP contribution in [0.15, 0.2) is 30.3 Å². The number of aliphatic hydroxyl groups is 1. The third-order valence-corrected chi connectivity index (χ3v) is 4.48. The molecule has 9 heteroatoms. The molecule has 1 heterocycles. The number of phenolic OH excluding ortho intramolecular Hbond substituents is 4. The van der Waals surface area contributed by atoms with E-state index in [1.165, 1.54) is 17.6 Å². The van der Waals surface area contributed by atoms with Gasteiger partial charge in [-0.2, -0.15) is 0 Å². The van der Waals surface area contributed by atoms with Crippen molar-refractivity contribution in [1.29, 1.82) is 0 Å². The summed E-state index contributed by atoms with van der Waals surface area (Å²) in [7, 11) is 0. The maximum Gasteiger partial charge on any atom is 0.246 e. The number of aryl methyl sites for hydroxylation is 1. The average Bonchev–Trinajstić information content (AvgIpc) is 2.62. The van der Waals surface area contributed by atoms with Gasteiger partial charge in [-0.25, -0.2) is 5.48 Å². The number of benzene rings is 2. The topological polar surface area (TPSA) is 160 Å². The minimum Gasteiger partial charge on any atom is -0.508 e. The SMILES string of the molecule is CCc1cc(C2=CC(O)(CC(=O)NO)c3c(O)cc(O)cc3O2)cc(O)c1O. The molecule has 0 radical (unpaired) electrons. The van der Waals surface area contributed by atoms with Crippen molar-refractivity contribution in [3.8, 4) is 28.7 Å². The fourth-order valence-electron chi connectivity index (χ4n) is 3.19. The summed E-state index contributed by atoms with van der Waals surface area (Å²) in [6.07, 6.45) is 0.884. The van der Waals surface area contributed by atoms with Crippen LogP contribution in [0.5, 0.6) is 28.7 Å². The number of aromatic hydroxyl groups is 4. The Hall–Kier alpha value is -3.43. The molecule has 7 N–H and O–H groups in total. The van der Waals surface area contributed by atoms with E-state index in [2.05, 4.69) is 0 Å². The third-order valence-electron chi connectivity index (χ3n) is 4.48. The molecule has 0 saturated carbocycles. The second kappa shape index (κ2) is 6.95. The van der Waals surface area contributed by atoms with Crippen molar-refractivity contribution in [3.63, 3.8) is 0 Å². The predicted octanol–water partition coefficient (Wildman–Crippen LogP) is 1.59. The van der Waals surface area contributed by atoms with Crippen LogP contribution in [0.4, 0.5) is 0 Å². The van der Waals surface area contributed by atoms with E-state index in [4.69, 9.17) is 9.94 Å². The largest absolute Gasteiger partial charge is 0.508 e. The van der Waals surface area contributed by atoms with Gasteiger partial charge in [-0.1, -0.05) is 6.92 Å². The van der Waals surface area contributed by atoms with Gasteiger partial charge in [0.25, 0.3) is 0 Å². The number of amides is 1. The van der Waals surface area contributed by atoms with Crippen LogP contribution in [0.25, 0.3) is 5.76 Å². The van der Waals surface area contributed by atoms with E-state index in [1.807, 2.05) is 0 Å². The lowest BCUT2D eigenvalue weighted by atomic mass is 9.85. The first-order valence-corrected chi connectivity index (χ1v) is 8.36. The van der Waals surface area contributed by atoms with Gasteiger partial charge in [0.15, 0.2) is 11.5 Å². The van der Waals surface area contributed by atoms with Gasteiger partial charge in [0.05, 0.1) is 12.0 Å². The van der Waals surface area contributed by atoms with Gasteiger partial charge in [-0.15, -0.1) is 0 Å². The summed E-state index contributed by atoms with van der Waals surface area (Å²) in [5.41, 5.74) is -0.146. The molecule has 9 nitrogen and oxygen atoms in total. The van der Waals surface area contributed by atoms with Crippen molar-refractivity contribution in [2.24, 2.45) is 0 Å². The minimum atomic E-state index is -2.09. The number of hydroxylamine groups is 1. The summed E-state index contributed by atoms with van der Waals surface area (Å²) in [5, 5.41) is 59.7. The molecule has 1 unspecified atom stereocenters. The van der Waals surface area contributed by atoms with Crippen LogP contribution >= 0.6 is 0 Å². The number of fused-ring (bicyclic) bond motifs is 1. The summed E-state index contributed by atoms with van der Waals surface area (Å²) >= 11 is 0. The maximum absolute atomic E-state index is 11.7. The number of rotatable bonds is 4. The van der Waals surface area contributed by atoms with Crippen LogP contribution in [0.2, 0.25) is 0 Å². The maximum atomic E-state index is 11.7. The van der Waals surface area contributed by atoms with Gasteiger partial charge in [0.2, 0.25) is 5.91 Å². The van der Waals surface area contributed by atoms with E-state index in [1.54, 1.807) is 6.92 Å². The lowest BCUT2D eigenvalue weighted by molar-refractivity contribution is -0.133. The second-order valence-electron chi connectivity index (χ2n) is 6.44. The minimum absolute atomic E-state index is 0.00994. The van der Waals surface area contributed by atoms with Crippen LogP contribution in [-0.2, 0) is 16.8 Å². The molecule has 2 aromatic carbocycles. The zero-order valence-corrected chi connectivity index (χ0v) is 14.8. The van der Waals surface area contributed by atoms with Gasteiger partial charge in [0, 0.05) is 17.7 Å². The second-order valence-corrected chi connectivity index (χ2v) is 6.44. The highest BCUT2D eigenvalue weighted by Crippen LogP contribution is 2.48. The number of carbonyl (C=O) groups excluding carboxylic acids is 1. The molecule has 0 spiro atoms. The molecule has 28 heavy (non-hydrogen) atoms. The van der Waals surface area contributed by atoms with Crippen molar-refractivity contribution in [3.05, 3.63) is 47.0 Å². The van der Waals surface area contributed by atoms with Crippen molar-refractivity contribution in [2.45, 2.75) is 25.4 Å². The lowest BCUT2D eigenvalue weighted by Crippen LogP contribution is -2.34. The standard InChI is InChI=1S/C19H19NO8/c1-2-9-3-10(4-13(23)18(9)25)15-7-19(26,8-16(24)20-27)17-12(22)5-11(21)6-14(17)28-15/h3-7,21-23,25-27H,2,8H2,1H3,(H,20,24). The van der Waals surface area contributed by atoms with Crippen LogP contribution < -0.4 is 10.2 Å². The molecule has 1 aliphatic heterocycles. The summed E-state index contributed by atoms with van der Waals surface area (Å²) < 4.78 is 5.68. The van der Waals surface area contributed by atoms with E-state index < -0.39 is 29.4 Å². The zero-order valence-electron chi connectivity index (χ0n) is 14.8. The lowest BCUT2D eigenvalue weighted by Gasteiger charge is -2.32. The summed E-state index contributed by atoms with van der Waals surface area (Å²) in [5.74, 6) is -2.57. The Morgan fingerprint density at radius 1 is 1.11 bits per heavy atom. The molecule has 0 aromatic heterocycles. The van der Waals surface area contributed by atoms with E-state index in [0.717, 1.165) is 18.2 Å². The molecular formula is C19H19NO8. The van der Waals surface area contributed by atoms with Crippen LogP contribution in [-0.4, -0.2) is 36.6 Å².